The molecular formula is C23H24F3N3O3S. The number of nitrogens with zero attached hydrogens (tertiary/aromatic N) is 3. The zero-order valence-corrected chi connectivity index (χ0v) is 19.1. The fourth-order valence-corrected chi connectivity index (χ4v) is 5.69. The first-order valence-corrected chi connectivity index (χ1v) is 12.0. The molecule has 0 spiro atoms. The molecule has 0 bridgehead atoms. The van der Waals surface area contributed by atoms with Crippen LogP contribution in [-0.4, -0.2) is 44.1 Å². The molecule has 1 aliphatic heterocycles. The van der Waals surface area contributed by atoms with Crippen LogP contribution in [0.5, 0.6) is 0 Å². The van der Waals surface area contributed by atoms with Crippen LogP contribution in [0.3, 0.4) is 0 Å². The third-order valence-corrected chi connectivity index (χ3v) is 7.74. The Hall–Kier alpha value is -2.85. The fraction of sp³-hybridized carbons (Fsp3) is 0.348. The van der Waals surface area contributed by atoms with Crippen molar-refractivity contribution >= 4 is 15.7 Å². The smallest absolute Gasteiger partial charge is 0.369 e. The minimum Gasteiger partial charge on any atom is -0.369 e. The van der Waals surface area contributed by atoms with Crippen molar-refractivity contribution < 1.29 is 26.1 Å². The van der Waals surface area contributed by atoms with Crippen molar-refractivity contribution in [1.82, 2.24) is 9.46 Å². The SMILES string of the molecule is CCc1ccc(-c2cc(C)no2)cc1S(=O)(=O)N1CCN(c2cccc(C(F)(F)F)c2)CC1. The van der Waals surface area contributed by atoms with Crippen LogP contribution in [0, 0.1) is 6.92 Å². The van der Waals surface area contributed by atoms with Gasteiger partial charge in [-0.1, -0.05) is 30.3 Å². The number of benzene rings is 2. The Labute approximate surface area is 190 Å². The Morgan fingerprint density at radius 3 is 2.36 bits per heavy atom. The molecule has 0 radical (unpaired) electrons. The van der Waals surface area contributed by atoms with Crippen LogP contribution in [0.1, 0.15) is 23.7 Å². The molecule has 3 aromatic rings. The van der Waals surface area contributed by atoms with Gasteiger partial charge in [0.1, 0.15) is 0 Å². The third-order valence-electron chi connectivity index (χ3n) is 5.76. The molecule has 176 valence electrons. The Kier molecular flexibility index (Phi) is 6.24. The summed E-state index contributed by atoms with van der Waals surface area (Å²) < 4.78 is 72.8. The first-order chi connectivity index (χ1) is 15.6. The van der Waals surface area contributed by atoms with Gasteiger partial charge in [-0.3, -0.25) is 0 Å². The van der Waals surface area contributed by atoms with Gasteiger partial charge in [0.05, 0.1) is 16.2 Å². The Balaban J connectivity index is 1.56. The standard InChI is InChI=1S/C23H24F3N3O3S/c1-3-17-7-8-18(21-13-16(2)27-32-21)14-22(17)33(30,31)29-11-9-28(10-12-29)20-6-4-5-19(15-20)23(24,25)26/h4-8,13-15H,3,9-12H2,1-2H3. The van der Waals surface area contributed by atoms with Crippen LogP contribution in [0.25, 0.3) is 11.3 Å². The van der Waals surface area contributed by atoms with Crippen molar-refractivity contribution in [1.29, 1.82) is 0 Å². The molecule has 0 saturated carbocycles. The van der Waals surface area contributed by atoms with Crippen molar-refractivity contribution in [2.75, 3.05) is 31.1 Å². The molecule has 1 aromatic heterocycles. The number of sulfonamides is 1. The van der Waals surface area contributed by atoms with Crippen LogP contribution >= 0.6 is 0 Å². The van der Waals surface area contributed by atoms with Gasteiger partial charge in [0.15, 0.2) is 5.76 Å². The van der Waals surface area contributed by atoms with E-state index in [1.165, 1.54) is 10.4 Å². The quantitative estimate of drug-likeness (QED) is 0.529. The maximum absolute atomic E-state index is 13.5. The fourth-order valence-electron chi connectivity index (χ4n) is 3.94. The van der Waals surface area contributed by atoms with E-state index in [1.807, 2.05) is 13.0 Å². The van der Waals surface area contributed by atoms with Crippen molar-refractivity contribution in [3.63, 3.8) is 0 Å². The summed E-state index contributed by atoms with van der Waals surface area (Å²) in [5.41, 5.74) is 1.71. The molecule has 2 heterocycles. The number of halogens is 3. The van der Waals surface area contributed by atoms with E-state index >= 15 is 0 Å². The number of anilines is 1. The summed E-state index contributed by atoms with van der Waals surface area (Å²) in [5, 5.41) is 3.86. The van der Waals surface area contributed by atoms with Gasteiger partial charge < -0.3 is 9.42 Å². The lowest BCUT2D eigenvalue weighted by Crippen LogP contribution is -2.48. The number of aromatic nitrogens is 1. The monoisotopic (exact) mass is 479 g/mol. The number of rotatable bonds is 5. The number of hydrogen-bond donors (Lipinski definition) is 0. The largest absolute Gasteiger partial charge is 0.416 e. The minimum atomic E-state index is -4.43. The summed E-state index contributed by atoms with van der Waals surface area (Å²) in [7, 11) is -3.80. The van der Waals surface area contributed by atoms with E-state index in [0.29, 0.717) is 47.8 Å². The average molecular weight is 480 g/mol. The van der Waals surface area contributed by atoms with E-state index in [0.717, 1.165) is 12.1 Å². The van der Waals surface area contributed by atoms with Crippen LogP contribution in [0.4, 0.5) is 18.9 Å². The number of alkyl halides is 3. The van der Waals surface area contributed by atoms with Gasteiger partial charge in [-0.05, 0) is 43.2 Å². The van der Waals surface area contributed by atoms with Gasteiger partial charge in [-0.15, -0.1) is 0 Å². The van der Waals surface area contributed by atoms with Crippen LogP contribution in [0.2, 0.25) is 0 Å². The number of aryl methyl sites for hydroxylation is 2. The zero-order chi connectivity index (χ0) is 23.8. The van der Waals surface area contributed by atoms with E-state index < -0.39 is 21.8 Å². The van der Waals surface area contributed by atoms with Gasteiger partial charge in [0, 0.05) is 43.5 Å². The van der Waals surface area contributed by atoms with E-state index in [4.69, 9.17) is 4.52 Å². The molecule has 6 nitrogen and oxygen atoms in total. The van der Waals surface area contributed by atoms with Crippen molar-refractivity contribution in [3.05, 3.63) is 65.4 Å². The van der Waals surface area contributed by atoms with Gasteiger partial charge >= 0.3 is 6.18 Å². The molecule has 0 amide bonds. The summed E-state index contributed by atoms with van der Waals surface area (Å²) in [4.78, 5) is 1.99. The number of piperazine rings is 1. The number of hydrogen-bond acceptors (Lipinski definition) is 5. The summed E-state index contributed by atoms with van der Waals surface area (Å²) >= 11 is 0. The molecule has 0 N–H and O–H groups in total. The van der Waals surface area contributed by atoms with E-state index in [2.05, 4.69) is 5.16 Å². The van der Waals surface area contributed by atoms with Crippen LogP contribution < -0.4 is 4.90 Å². The lowest BCUT2D eigenvalue weighted by atomic mass is 10.1. The highest BCUT2D eigenvalue weighted by Gasteiger charge is 2.33. The molecule has 0 unspecified atom stereocenters. The lowest BCUT2D eigenvalue weighted by molar-refractivity contribution is -0.137. The van der Waals surface area contributed by atoms with E-state index in [9.17, 15) is 21.6 Å². The summed E-state index contributed by atoms with van der Waals surface area (Å²) in [6.45, 7) is 4.61. The molecule has 1 aliphatic rings. The molecule has 0 atom stereocenters. The van der Waals surface area contributed by atoms with Crippen molar-refractivity contribution in [2.24, 2.45) is 0 Å². The summed E-state index contributed by atoms with van der Waals surface area (Å²) in [6, 6.07) is 12.0. The normalized spacial score (nSPS) is 15.7. The van der Waals surface area contributed by atoms with E-state index in [1.54, 1.807) is 36.1 Å². The average Bonchev–Trinajstić information content (AvgIpc) is 3.24. The first kappa shape index (κ1) is 23.3. The molecule has 2 aromatic carbocycles. The third kappa shape index (κ3) is 4.77. The maximum Gasteiger partial charge on any atom is 0.416 e. The highest BCUT2D eigenvalue weighted by atomic mass is 32.2. The second-order valence-corrected chi connectivity index (χ2v) is 9.85. The lowest BCUT2D eigenvalue weighted by Gasteiger charge is -2.36. The summed E-state index contributed by atoms with van der Waals surface area (Å²) in [5.74, 6) is 0.487. The van der Waals surface area contributed by atoms with Crippen molar-refractivity contribution in [3.8, 4) is 11.3 Å². The minimum absolute atomic E-state index is 0.174. The van der Waals surface area contributed by atoms with Gasteiger partial charge in [0.25, 0.3) is 0 Å². The predicted octanol–water partition coefficient (Wildman–Crippen LogP) is 4.74. The molecule has 1 fully saturated rings. The summed E-state index contributed by atoms with van der Waals surface area (Å²) in [6.07, 6.45) is -3.89. The van der Waals surface area contributed by atoms with Crippen LogP contribution in [-0.2, 0) is 22.6 Å². The zero-order valence-electron chi connectivity index (χ0n) is 18.3. The molecular weight excluding hydrogens is 455 g/mol. The van der Waals surface area contributed by atoms with Crippen molar-refractivity contribution in [2.45, 2.75) is 31.3 Å². The topological polar surface area (TPSA) is 66.7 Å². The predicted molar refractivity (Wildman–Crippen MR) is 118 cm³/mol. The highest BCUT2D eigenvalue weighted by molar-refractivity contribution is 7.89. The van der Waals surface area contributed by atoms with Gasteiger partial charge in [-0.2, -0.15) is 17.5 Å². The molecule has 1 saturated heterocycles. The van der Waals surface area contributed by atoms with E-state index in [-0.39, 0.29) is 18.0 Å². The molecule has 10 heteroatoms. The van der Waals surface area contributed by atoms with Gasteiger partial charge in [0.2, 0.25) is 10.0 Å². The van der Waals surface area contributed by atoms with Gasteiger partial charge in [-0.25, -0.2) is 8.42 Å². The Bertz CT molecular complexity index is 1250. The Morgan fingerprint density at radius 2 is 1.76 bits per heavy atom. The second-order valence-electron chi connectivity index (χ2n) is 7.95. The molecule has 0 aliphatic carbocycles. The molecule has 33 heavy (non-hydrogen) atoms. The van der Waals surface area contributed by atoms with Crippen LogP contribution in [0.15, 0.2) is 57.9 Å². The Morgan fingerprint density at radius 1 is 1.03 bits per heavy atom. The maximum atomic E-state index is 13.5. The first-order valence-electron chi connectivity index (χ1n) is 10.6. The highest BCUT2D eigenvalue weighted by Crippen LogP contribution is 2.33. The second kappa shape index (κ2) is 8.83. The molecule has 4 rings (SSSR count).